The molecule has 3 aromatic carbocycles. The van der Waals surface area contributed by atoms with Crippen LogP contribution in [0.2, 0.25) is 5.02 Å². The Hall–Kier alpha value is -3.86. The van der Waals surface area contributed by atoms with E-state index in [0.717, 1.165) is 97.7 Å². The Morgan fingerprint density at radius 1 is 1.00 bits per heavy atom. The third-order valence-electron chi connectivity index (χ3n) is 9.96. The summed E-state index contributed by atoms with van der Waals surface area (Å²) >= 11 is 10.7. The molecule has 8 rings (SSSR count). The van der Waals surface area contributed by atoms with Gasteiger partial charge in [0.2, 0.25) is 0 Å². The van der Waals surface area contributed by atoms with E-state index < -0.39 is 5.97 Å². The van der Waals surface area contributed by atoms with Crippen molar-refractivity contribution in [2.75, 3.05) is 6.61 Å². The van der Waals surface area contributed by atoms with Crippen LogP contribution in [0, 0.1) is 0 Å². The van der Waals surface area contributed by atoms with Crippen molar-refractivity contribution in [2.45, 2.75) is 67.2 Å². The molecule has 0 aliphatic carbocycles. The third-order valence-corrected chi connectivity index (χ3v) is 12.3. The van der Waals surface area contributed by atoms with Crippen molar-refractivity contribution in [3.05, 3.63) is 93.7 Å². The highest BCUT2D eigenvalue weighted by Crippen LogP contribution is 2.45. The molecule has 0 radical (unpaired) electrons. The number of thioether (sulfide) groups is 2. The van der Waals surface area contributed by atoms with Crippen LogP contribution in [0.1, 0.15) is 70.9 Å². The van der Waals surface area contributed by atoms with Crippen LogP contribution in [-0.4, -0.2) is 41.8 Å². The van der Waals surface area contributed by atoms with E-state index in [9.17, 15) is 9.90 Å². The molecule has 1 N–H and O–H groups in total. The van der Waals surface area contributed by atoms with Gasteiger partial charge in [-0.2, -0.15) is 10.2 Å². The lowest BCUT2D eigenvalue weighted by Gasteiger charge is -2.17. The van der Waals surface area contributed by atoms with Gasteiger partial charge in [-0.25, -0.2) is 4.79 Å². The zero-order valence-corrected chi connectivity index (χ0v) is 30.2. The minimum atomic E-state index is -0.948. The summed E-state index contributed by atoms with van der Waals surface area (Å²) in [6.07, 6.45) is 3.73. The number of carbonyl (C=O) groups is 1. The van der Waals surface area contributed by atoms with Crippen molar-refractivity contribution in [1.82, 2.24) is 24.1 Å². The quantitative estimate of drug-likeness (QED) is 0.182. The first-order valence-corrected chi connectivity index (χ1v) is 19.3. The number of rotatable bonds is 1. The summed E-state index contributed by atoms with van der Waals surface area (Å²) in [5, 5.41) is 24.4. The second-order valence-electron chi connectivity index (χ2n) is 13.1. The van der Waals surface area contributed by atoms with Gasteiger partial charge in [-0.3, -0.25) is 9.36 Å². The summed E-state index contributed by atoms with van der Waals surface area (Å²) in [6.45, 7) is 3.41. The maximum Gasteiger partial charge on any atom is 0.352 e. The van der Waals surface area contributed by atoms with Crippen molar-refractivity contribution < 1.29 is 14.6 Å². The van der Waals surface area contributed by atoms with Gasteiger partial charge in [-0.05, 0) is 66.8 Å². The second-order valence-corrected chi connectivity index (χ2v) is 15.5. The first-order valence-electron chi connectivity index (χ1n) is 16.8. The van der Waals surface area contributed by atoms with E-state index in [-0.39, 0.29) is 5.92 Å². The van der Waals surface area contributed by atoms with Gasteiger partial charge in [0.1, 0.15) is 11.4 Å². The maximum atomic E-state index is 13.0. The molecule has 11 heteroatoms. The van der Waals surface area contributed by atoms with Crippen LogP contribution in [0.5, 0.6) is 5.75 Å². The average molecular weight is 712 g/mol. The van der Waals surface area contributed by atoms with E-state index in [2.05, 4.69) is 48.0 Å². The Morgan fingerprint density at radius 2 is 1.86 bits per heavy atom. The predicted molar refractivity (Wildman–Crippen MR) is 199 cm³/mol. The first kappa shape index (κ1) is 32.4. The van der Waals surface area contributed by atoms with Crippen molar-refractivity contribution in [3.63, 3.8) is 0 Å². The van der Waals surface area contributed by atoms with Gasteiger partial charge in [0.15, 0.2) is 0 Å². The highest BCUT2D eigenvalue weighted by atomic mass is 35.5. The number of hydrogen-bond acceptors (Lipinski definition) is 6. The Bertz CT molecular complexity index is 2250. The number of fused-ring (bicyclic) bond motifs is 10. The molecule has 6 aromatic rings. The molecule has 8 nitrogen and oxygen atoms in total. The van der Waals surface area contributed by atoms with Gasteiger partial charge in [-0.15, -0.1) is 23.5 Å². The summed E-state index contributed by atoms with van der Waals surface area (Å²) in [5.41, 5.74) is 8.26. The van der Waals surface area contributed by atoms with E-state index in [1.165, 1.54) is 11.4 Å². The normalized spacial score (nSPS) is 17.0. The summed E-state index contributed by atoms with van der Waals surface area (Å²) in [4.78, 5) is 14.1. The molecule has 0 fully saturated rings. The number of halogens is 1. The van der Waals surface area contributed by atoms with Gasteiger partial charge in [0, 0.05) is 76.1 Å². The summed E-state index contributed by atoms with van der Waals surface area (Å²) in [5.74, 6) is 2.04. The second kappa shape index (κ2) is 13.1. The van der Waals surface area contributed by atoms with Crippen LogP contribution in [0.25, 0.3) is 32.8 Å². The average Bonchev–Trinajstić information content (AvgIpc) is 3.73. The molecular weight excluding hydrogens is 674 g/mol. The number of hydrogen-bond donors (Lipinski definition) is 1. The Morgan fingerprint density at radius 3 is 2.71 bits per heavy atom. The standard InChI is InChI=1S/C38H38ClN5O3S2/c1-22-13-15-47-32-18-26(16-23-8-4-5-9-27(23)32)49-20-25-17-24(40-43(25)3)19-48-21-30-35(31-10-6-7-14-44(31)41-30)34-29(39)12-11-28-33(22)37(38(45)46)42(2)36(28)34/h4-5,8-9,11-12,16-18,22H,6-7,10,13-15,19-21H2,1-3H3,(H,45,46). The fraction of sp³-hybridized carbons (Fsp3) is 0.342. The lowest BCUT2D eigenvalue weighted by molar-refractivity contribution is 0.0685. The molecule has 0 saturated carbocycles. The number of carboxylic acid groups (broad SMARTS) is 1. The molecule has 3 aromatic heterocycles. The molecule has 252 valence electrons. The fourth-order valence-corrected chi connectivity index (χ4v) is 9.69. The number of aromatic nitrogens is 5. The minimum Gasteiger partial charge on any atom is -0.493 e. The number of aryl methyl sites for hydroxylation is 3. The Balaban J connectivity index is 1.29. The van der Waals surface area contributed by atoms with Crippen molar-refractivity contribution in [1.29, 1.82) is 0 Å². The zero-order chi connectivity index (χ0) is 33.8. The van der Waals surface area contributed by atoms with Gasteiger partial charge in [0.25, 0.3) is 0 Å². The third kappa shape index (κ3) is 5.81. The number of nitrogens with zero attached hydrogens (tertiary/aromatic N) is 5. The van der Waals surface area contributed by atoms with Gasteiger partial charge >= 0.3 is 5.97 Å². The molecule has 1 unspecified atom stereocenters. The van der Waals surface area contributed by atoms with Crippen LogP contribution in [0.4, 0.5) is 0 Å². The monoisotopic (exact) mass is 711 g/mol. The molecular formula is C38H38ClN5O3S2. The van der Waals surface area contributed by atoms with Crippen LogP contribution in [0.3, 0.4) is 0 Å². The van der Waals surface area contributed by atoms with E-state index in [4.69, 9.17) is 26.5 Å². The first-order chi connectivity index (χ1) is 23.8. The van der Waals surface area contributed by atoms with Gasteiger partial charge in [0.05, 0.1) is 28.5 Å². The van der Waals surface area contributed by atoms with Crippen molar-refractivity contribution in [2.24, 2.45) is 14.1 Å². The molecule has 0 saturated heterocycles. The summed E-state index contributed by atoms with van der Waals surface area (Å²) in [6, 6.07) is 18.8. The van der Waals surface area contributed by atoms with Crippen molar-refractivity contribution in [3.8, 4) is 16.9 Å². The highest BCUT2D eigenvalue weighted by molar-refractivity contribution is 7.98. The molecule has 0 spiro atoms. The zero-order valence-electron chi connectivity index (χ0n) is 27.8. The fourth-order valence-electron chi connectivity index (χ4n) is 7.61. The smallest absolute Gasteiger partial charge is 0.352 e. The summed E-state index contributed by atoms with van der Waals surface area (Å²) < 4.78 is 12.5. The van der Waals surface area contributed by atoms with E-state index in [1.54, 1.807) is 23.5 Å². The van der Waals surface area contributed by atoms with Crippen LogP contribution in [0.15, 0.2) is 59.5 Å². The van der Waals surface area contributed by atoms with Gasteiger partial charge in [-0.1, -0.05) is 48.9 Å². The largest absolute Gasteiger partial charge is 0.493 e. The molecule has 49 heavy (non-hydrogen) atoms. The van der Waals surface area contributed by atoms with E-state index in [1.807, 2.05) is 41.5 Å². The maximum absolute atomic E-state index is 13.0. The van der Waals surface area contributed by atoms with Crippen LogP contribution < -0.4 is 4.74 Å². The highest BCUT2D eigenvalue weighted by Gasteiger charge is 2.31. The topological polar surface area (TPSA) is 87.1 Å². The lowest BCUT2D eigenvalue weighted by atomic mass is 9.92. The predicted octanol–water partition coefficient (Wildman–Crippen LogP) is 9.23. The lowest BCUT2D eigenvalue weighted by Crippen LogP contribution is -2.12. The molecule has 5 heterocycles. The molecule has 2 aliphatic rings. The number of ether oxygens (including phenoxy) is 1. The van der Waals surface area contributed by atoms with Crippen molar-refractivity contribution >= 4 is 62.8 Å². The Labute approximate surface area is 298 Å². The SMILES string of the molecule is CC1CCOc2cc(cc3ccccc23)SCc2cc(nn2C)CSCc2nn3c(c2-c2c(Cl)ccc4c1c(C(=O)O)n(C)c24)CCCC3. The number of aromatic carboxylic acids is 1. The van der Waals surface area contributed by atoms with E-state index >= 15 is 0 Å². The molecule has 0 amide bonds. The molecule has 2 aliphatic heterocycles. The van der Waals surface area contributed by atoms with Crippen LogP contribution >= 0.6 is 35.1 Å². The van der Waals surface area contributed by atoms with E-state index in [0.29, 0.717) is 29.5 Å². The minimum absolute atomic E-state index is 0.0864. The number of benzene rings is 3. The summed E-state index contributed by atoms with van der Waals surface area (Å²) in [7, 11) is 3.87. The molecule has 8 bridgehead atoms. The van der Waals surface area contributed by atoms with Gasteiger partial charge < -0.3 is 14.4 Å². The number of carboxylic acids is 1. The van der Waals surface area contributed by atoms with Crippen LogP contribution in [-0.2, 0) is 44.3 Å². The Kier molecular flexibility index (Phi) is 8.66. The molecule has 1 atom stereocenters.